The van der Waals surface area contributed by atoms with Gasteiger partial charge in [0.2, 0.25) is 0 Å². The Hall–Kier alpha value is -3.15. The van der Waals surface area contributed by atoms with Crippen LogP contribution in [-0.4, -0.2) is 21.3 Å². The van der Waals surface area contributed by atoms with Crippen molar-refractivity contribution in [3.05, 3.63) is 95.1 Å². The van der Waals surface area contributed by atoms with Crippen molar-refractivity contribution in [1.29, 1.82) is 0 Å². The average molecular weight is 374 g/mol. The molecule has 3 aromatic rings. The first kappa shape index (κ1) is 17.0. The summed E-state index contributed by atoms with van der Waals surface area (Å²) in [6.07, 6.45) is -0.0996. The highest BCUT2D eigenvalue weighted by atomic mass is 16.5. The van der Waals surface area contributed by atoms with Gasteiger partial charge in [-0.1, -0.05) is 48.5 Å². The molecule has 3 unspecified atom stereocenters. The highest BCUT2D eigenvalue weighted by Crippen LogP contribution is 2.60. The standard InChI is InChI=1S/C23H18O5/c24-21(25)20-13-22(26)16-8-4-5-9-17(16)23(20,27)18-11-10-15(12-19(18)22)28-14-6-2-1-3-7-14/h1-12,20,26-27H,13H2,(H,24,25). The summed E-state index contributed by atoms with van der Waals surface area (Å²) in [6, 6.07) is 21.2. The number of para-hydroxylation sites is 1. The lowest BCUT2D eigenvalue weighted by molar-refractivity contribution is -0.160. The first-order valence-corrected chi connectivity index (χ1v) is 9.10. The Bertz CT molecular complexity index is 1090. The van der Waals surface area contributed by atoms with Crippen LogP contribution in [0, 0.1) is 5.92 Å². The molecule has 0 radical (unpaired) electrons. The molecular formula is C23H18O5. The molecule has 0 aromatic heterocycles. The van der Waals surface area contributed by atoms with Crippen LogP contribution in [0.4, 0.5) is 0 Å². The molecular weight excluding hydrogens is 356 g/mol. The van der Waals surface area contributed by atoms with Crippen molar-refractivity contribution in [2.24, 2.45) is 5.92 Å². The predicted octanol–water partition coefficient (Wildman–Crippen LogP) is 3.37. The van der Waals surface area contributed by atoms with Crippen LogP contribution < -0.4 is 4.74 Å². The van der Waals surface area contributed by atoms with Gasteiger partial charge in [-0.3, -0.25) is 4.79 Å². The minimum Gasteiger partial charge on any atom is -0.481 e. The zero-order valence-electron chi connectivity index (χ0n) is 14.9. The van der Waals surface area contributed by atoms with Gasteiger partial charge in [0.15, 0.2) is 0 Å². The van der Waals surface area contributed by atoms with E-state index in [0.29, 0.717) is 33.8 Å². The molecule has 0 spiro atoms. The fourth-order valence-corrected chi connectivity index (χ4v) is 4.66. The summed E-state index contributed by atoms with van der Waals surface area (Å²) in [5, 5.41) is 33.0. The van der Waals surface area contributed by atoms with Gasteiger partial charge in [-0.2, -0.15) is 0 Å². The minimum absolute atomic E-state index is 0.0996. The summed E-state index contributed by atoms with van der Waals surface area (Å²) < 4.78 is 5.88. The Labute approximate surface area is 161 Å². The number of rotatable bonds is 3. The van der Waals surface area contributed by atoms with Crippen molar-refractivity contribution in [3.8, 4) is 11.5 Å². The van der Waals surface area contributed by atoms with Crippen LogP contribution in [0.5, 0.6) is 11.5 Å². The molecule has 3 aliphatic carbocycles. The number of aliphatic carboxylic acids is 1. The van der Waals surface area contributed by atoms with E-state index in [1.807, 2.05) is 30.3 Å². The van der Waals surface area contributed by atoms with E-state index < -0.39 is 23.1 Å². The molecule has 5 heteroatoms. The molecule has 0 aliphatic heterocycles. The number of hydrogen-bond acceptors (Lipinski definition) is 4. The van der Waals surface area contributed by atoms with E-state index in [9.17, 15) is 20.1 Å². The topological polar surface area (TPSA) is 87.0 Å². The number of carboxylic acids is 1. The van der Waals surface area contributed by atoms with Crippen LogP contribution in [0.1, 0.15) is 28.7 Å². The molecule has 6 rings (SSSR count). The molecule has 0 amide bonds. The molecule has 0 saturated carbocycles. The van der Waals surface area contributed by atoms with Crippen LogP contribution in [-0.2, 0) is 16.0 Å². The molecule has 3 aliphatic rings. The molecule has 3 N–H and O–H groups in total. The number of carbonyl (C=O) groups is 1. The highest BCUT2D eigenvalue weighted by molar-refractivity contribution is 5.78. The number of carboxylic acid groups (broad SMARTS) is 1. The smallest absolute Gasteiger partial charge is 0.310 e. The van der Waals surface area contributed by atoms with Gasteiger partial charge in [-0.05, 0) is 46.5 Å². The molecule has 28 heavy (non-hydrogen) atoms. The number of aliphatic hydroxyl groups is 2. The van der Waals surface area contributed by atoms with E-state index >= 15 is 0 Å². The van der Waals surface area contributed by atoms with Crippen molar-refractivity contribution in [1.82, 2.24) is 0 Å². The second-order valence-corrected chi connectivity index (χ2v) is 7.39. The number of benzene rings is 3. The predicted molar refractivity (Wildman–Crippen MR) is 101 cm³/mol. The van der Waals surface area contributed by atoms with Crippen molar-refractivity contribution in [3.63, 3.8) is 0 Å². The van der Waals surface area contributed by atoms with E-state index in [-0.39, 0.29) is 6.42 Å². The third kappa shape index (κ3) is 2.11. The van der Waals surface area contributed by atoms with E-state index in [2.05, 4.69) is 0 Å². The average Bonchev–Trinajstić information content (AvgIpc) is 2.71. The summed E-state index contributed by atoms with van der Waals surface area (Å²) in [6.45, 7) is 0. The second kappa shape index (κ2) is 5.67. The Balaban J connectivity index is 1.71. The van der Waals surface area contributed by atoms with Crippen molar-refractivity contribution >= 4 is 5.97 Å². The van der Waals surface area contributed by atoms with Gasteiger partial charge in [0.1, 0.15) is 22.7 Å². The second-order valence-electron chi connectivity index (χ2n) is 7.39. The van der Waals surface area contributed by atoms with Crippen LogP contribution in [0.15, 0.2) is 72.8 Å². The summed E-state index contributed by atoms with van der Waals surface area (Å²) in [5.41, 5.74) is -1.32. The minimum atomic E-state index is -1.70. The molecule has 0 saturated heterocycles. The SMILES string of the molecule is O=C(O)C1CC2(O)c3ccccc3C1(O)c1ccc(Oc3ccccc3)cc12. The fourth-order valence-electron chi connectivity index (χ4n) is 4.66. The van der Waals surface area contributed by atoms with Crippen LogP contribution in [0.2, 0.25) is 0 Å². The molecule has 2 bridgehead atoms. The normalized spacial score (nSPS) is 27.0. The number of ether oxygens (including phenoxy) is 1. The number of fused-ring (bicyclic) bond motifs is 1. The quantitative estimate of drug-likeness (QED) is 0.654. The Morgan fingerprint density at radius 3 is 2.18 bits per heavy atom. The van der Waals surface area contributed by atoms with Gasteiger partial charge in [-0.25, -0.2) is 0 Å². The molecule has 3 atom stereocenters. The molecule has 0 heterocycles. The van der Waals surface area contributed by atoms with E-state index in [1.165, 1.54) is 0 Å². The zero-order valence-corrected chi connectivity index (χ0v) is 14.9. The Morgan fingerprint density at radius 1 is 0.821 bits per heavy atom. The largest absolute Gasteiger partial charge is 0.481 e. The maximum atomic E-state index is 11.9. The first-order chi connectivity index (χ1) is 13.4. The summed E-state index contributed by atoms with van der Waals surface area (Å²) in [4.78, 5) is 11.9. The van der Waals surface area contributed by atoms with E-state index in [0.717, 1.165) is 0 Å². The number of hydrogen-bond donors (Lipinski definition) is 3. The zero-order chi connectivity index (χ0) is 19.5. The molecule has 140 valence electrons. The van der Waals surface area contributed by atoms with Gasteiger partial charge in [0, 0.05) is 6.42 Å². The van der Waals surface area contributed by atoms with Crippen molar-refractivity contribution in [2.45, 2.75) is 17.6 Å². The Kier molecular flexibility index (Phi) is 3.44. The van der Waals surface area contributed by atoms with Gasteiger partial charge in [0.25, 0.3) is 0 Å². The van der Waals surface area contributed by atoms with Gasteiger partial charge < -0.3 is 20.1 Å². The highest BCUT2D eigenvalue weighted by Gasteiger charge is 2.62. The van der Waals surface area contributed by atoms with Crippen molar-refractivity contribution in [2.75, 3.05) is 0 Å². The van der Waals surface area contributed by atoms with Gasteiger partial charge in [-0.15, -0.1) is 0 Å². The molecule has 0 fully saturated rings. The van der Waals surface area contributed by atoms with E-state index in [1.54, 1.807) is 42.5 Å². The monoisotopic (exact) mass is 374 g/mol. The third-order valence-corrected chi connectivity index (χ3v) is 5.91. The van der Waals surface area contributed by atoms with Crippen LogP contribution in [0.3, 0.4) is 0 Å². The molecule has 3 aromatic carbocycles. The van der Waals surface area contributed by atoms with Gasteiger partial charge in [0.05, 0.1) is 5.92 Å². The summed E-state index contributed by atoms with van der Waals surface area (Å²) in [7, 11) is 0. The maximum absolute atomic E-state index is 11.9. The van der Waals surface area contributed by atoms with E-state index in [4.69, 9.17) is 4.74 Å². The maximum Gasteiger partial charge on any atom is 0.310 e. The van der Waals surface area contributed by atoms with Crippen LogP contribution >= 0.6 is 0 Å². The van der Waals surface area contributed by atoms with Crippen LogP contribution in [0.25, 0.3) is 0 Å². The summed E-state index contributed by atoms with van der Waals surface area (Å²) in [5.74, 6) is -1.11. The van der Waals surface area contributed by atoms with Gasteiger partial charge >= 0.3 is 5.97 Å². The molecule has 5 nitrogen and oxygen atoms in total. The Morgan fingerprint density at radius 2 is 1.46 bits per heavy atom. The lowest BCUT2D eigenvalue weighted by atomic mass is 9.54. The van der Waals surface area contributed by atoms with Crippen molar-refractivity contribution < 1.29 is 24.9 Å². The fraction of sp³-hybridized carbons (Fsp3) is 0.174. The lowest BCUT2D eigenvalue weighted by Crippen LogP contribution is -2.56. The third-order valence-electron chi connectivity index (χ3n) is 5.91. The first-order valence-electron chi connectivity index (χ1n) is 9.10. The lowest BCUT2D eigenvalue weighted by Gasteiger charge is -2.53. The summed E-state index contributed by atoms with van der Waals surface area (Å²) >= 11 is 0.